The first-order chi connectivity index (χ1) is 18.5. The van der Waals surface area contributed by atoms with E-state index in [9.17, 15) is 14.4 Å². The molecule has 2 heterocycles. The first kappa shape index (κ1) is 31.7. The number of amides is 3. The quantitative estimate of drug-likeness (QED) is 0.165. The van der Waals surface area contributed by atoms with Crippen LogP contribution >= 0.6 is 23.5 Å². The van der Waals surface area contributed by atoms with Crippen molar-refractivity contribution in [1.82, 2.24) is 25.2 Å². The normalized spacial score (nSPS) is 12.9. The summed E-state index contributed by atoms with van der Waals surface area (Å²) in [6, 6.07) is 10.0. The Balaban J connectivity index is 0.000000352. The highest BCUT2D eigenvalue weighted by atomic mass is 32.2. The van der Waals surface area contributed by atoms with Gasteiger partial charge < -0.3 is 20.9 Å². The van der Waals surface area contributed by atoms with Crippen LogP contribution in [0, 0.1) is 0 Å². The van der Waals surface area contributed by atoms with Gasteiger partial charge in [-0.2, -0.15) is 0 Å². The molecule has 0 saturated carbocycles. The topological polar surface area (TPSA) is 141 Å². The molecule has 3 amide bonds. The molecule has 210 valence electrons. The number of rotatable bonds is 15. The number of aromatic nitrogens is 1. The molecule has 0 spiro atoms. The third kappa shape index (κ3) is 13.9. The number of likely N-dealkylation sites (tertiary alicyclic amines) is 1. The smallest absolute Gasteiger partial charge is 0.270 e. The highest BCUT2D eigenvalue weighted by Gasteiger charge is 2.14. The number of unbranched alkanes of at least 4 members (excludes halogenated alkanes) is 2. The van der Waals surface area contributed by atoms with Crippen LogP contribution in [0.4, 0.5) is 5.13 Å². The third-order valence-electron chi connectivity index (χ3n) is 5.92. The summed E-state index contributed by atoms with van der Waals surface area (Å²) in [5.74, 6) is -0.161. The Morgan fingerprint density at radius 2 is 1.79 bits per heavy atom. The van der Waals surface area contributed by atoms with E-state index in [0.717, 1.165) is 64.0 Å². The van der Waals surface area contributed by atoms with E-state index in [1.54, 1.807) is 12.4 Å². The first-order valence-corrected chi connectivity index (χ1v) is 14.9. The van der Waals surface area contributed by atoms with Crippen LogP contribution in [0.1, 0.15) is 61.0 Å². The van der Waals surface area contributed by atoms with Crippen LogP contribution in [-0.2, 0) is 16.0 Å². The van der Waals surface area contributed by atoms with Crippen LogP contribution in [0.3, 0.4) is 0 Å². The second-order valence-electron chi connectivity index (χ2n) is 8.87. The minimum absolute atomic E-state index is 0.0681. The van der Waals surface area contributed by atoms with Crippen LogP contribution in [0.15, 0.2) is 35.7 Å². The van der Waals surface area contributed by atoms with Crippen LogP contribution in [0.5, 0.6) is 0 Å². The number of benzene rings is 1. The molecule has 1 fully saturated rings. The number of carbonyl (C=O) groups excluding carboxylic acids is 3. The number of nitrogens with one attached hydrogen (secondary N) is 4. The molecular formula is C26H41N7O3S2. The van der Waals surface area contributed by atoms with Gasteiger partial charge in [-0.3, -0.25) is 24.2 Å². The summed E-state index contributed by atoms with van der Waals surface area (Å²) in [6.45, 7) is 4.57. The Bertz CT molecular complexity index is 953. The van der Waals surface area contributed by atoms with Crippen molar-refractivity contribution in [1.29, 1.82) is 0 Å². The van der Waals surface area contributed by atoms with Gasteiger partial charge in [-0.15, -0.1) is 11.3 Å². The number of carbonyl (C=O) groups is 3. The molecule has 2 aromatic rings. The summed E-state index contributed by atoms with van der Waals surface area (Å²) < 4.78 is 2.96. The zero-order chi connectivity index (χ0) is 27.4. The molecule has 0 radical (unpaired) electrons. The predicted octanol–water partition coefficient (Wildman–Crippen LogP) is 2.94. The van der Waals surface area contributed by atoms with Crippen molar-refractivity contribution in [2.45, 2.75) is 51.4 Å². The van der Waals surface area contributed by atoms with Crippen molar-refractivity contribution in [3.8, 4) is 0 Å². The van der Waals surface area contributed by atoms with E-state index < -0.39 is 0 Å². The summed E-state index contributed by atoms with van der Waals surface area (Å²) >= 11 is 2.39. The SMILES string of the molecule is CNC(=O)CCc1ccccc1.NSNCCCCCC(=O)Nc1nc(C(=O)NCCN2CCCC2)cs1. The van der Waals surface area contributed by atoms with E-state index in [2.05, 4.69) is 30.6 Å². The van der Waals surface area contributed by atoms with Gasteiger partial charge in [0.1, 0.15) is 5.69 Å². The number of thiazole rings is 1. The van der Waals surface area contributed by atoms with Crippen molar-refractivity contribution in [3.05, 3.63) is 47.0 Å². The van der Waals surface area contributed by atoms with Crippen LogP contribution in [-0.4, -0.2) is 67.4 Å². The van der Waals surface area contributed by atoms with Gasteiger partial charge in [0, 0.05) is 57.0 Å². The van der Waals surface area contributed by atoms with Crippen LogP contribution < -0.4 is 25.8 Å². The summed E-state index contributed by atoms with van der Waals surface area (Å²) in [7, 11) is 1.66. The van der Waals surface area contributed by atoms with Gasteiger partial charge in [0.2, 0.25) is 11.8 Å². The lowest BCUT2D eigenvalue weighted by molar-refractivity contribution is -0.120. The molecule has 0 unspecified atom stereocenters. The number of nitrogens with zero attached hydrogens (tertiary/aromatic N) is 2. The van der Waals surface area contributed by atoms with E-state index in [0.29, 0.717) is 30.2 Å². The first-order valence-electron chi connectivity index (χ1n) is 13.1. The maximum absolute atomic E-state index is 12.1. The second kappa shape index (κ2) is 19.5. The van der Waals surface area contributed by atoms with E-state index in [-0.39, 0.29) is 17.7 Å². The van der Waals surface area contributed by atoms with Gasteiger partial charge in [-0.1, -0.05) is 36.8 Å². The zero-order valence-corrected chi connectivity index (χ0v) is 23.8. The molecule has 1 aromatic carbocycles. The molecule has 12 heteroatoms. The van der Waals surface area contributed by atoms with Gasteiger partial charge in [-0.05, 0) is 50.8 Å². The molecule has 1 saturated heterocycles. The monoisotopic (exact) mass is 563 g/mol. The summed E-state index contributed by atoms with van der Waals surface area (Å²) in [4.78, 5) is 41.4. The Hall–Kier alpha value is -2.51. The highest BCUT2D eigenvalue weighted by molar-refractivity contribution is 7.95. The average molecular weight is 564 g/mol. The average Bonchev–Trinajstić information content (AvgIpc) is 3.63. The van der Waals surface area contributed by atoms with Gasteiger partial charge in [0.15, 0.2) is 5.13 Å². The Kier molecular flexibility index (Phi) is 16.3. The van der Waals surface area contributed by atoms with E-state index in [1.165, 1.54) is 29.7 Å². The van der Waals surface area contributed by atoms with Crippen molar-refractivity contribution in [2.75, 3.05) is 45.1 Å². The van der Waals surface area contributed by atoms with E-state index in [4.69, 9.17) is 5.14 Å². The van der Waals surface area contributed by atoms with Crippen molar-refractivity contribution < 1.29 is 14.4 Å². The lowest BCUT2D eigenvalue weighted by atomic mass is 10.1. The largest absolute Gasteiger partial charge is 0.359 e. The zero-order valence-electron chi connectivity index (χ0n) is 22.2. The number of anilines is 1. The van der Waals surface area contributed by atoms with Gasteiger partial charge in [0.25, 0.3) is 5.91 Å². The van der Waals surface area contributed by atoms with Crippen molar-refractivity contribution in [3.63, 3.8) is 0 Å². The molecule has 6 N–H and O–H groups in total. The number of hydrogen-bond donors (Lipinski definition) is 5. The Labute approximate surface area is 234 Å². The maximum Gasteiger partial charge on any atom is 0.270 e. The molecule has 3 rings (SSSR count). The number of aryl methyl sites for hydroxylation is 1. The fourth-order valence-electron chi connectivity index (χ4n) is 3.79. The van der Waals surface area contributed by atoms with Crippen LogP contribution in [0.2, 0.25) is 0 Å². The molecule has 0 atom stereocenters. The Morgan fingerprint density at radius 1 is 1.03 bits per heavy atom. The van der Waals surface area contributed by atoms with Crippen LogP contribution in [0.25, 0.3) is 0 Å². The second-order valence-corrected chi connectivity index (χ2v) is 10.3. The summed E-state index contributed by atoms with van der Waals surface area (Å²) in [5.41, 5.74) is 1.57. The lowest BCUT2D eigenvalue weighted by Crippen LogP contribution is -2.33. The molecular weight excluding hydrogens is 522 g/mol. The fourth-order valence-corrected chi connectivity index (χ4v) is 4.76. The molecule has 0 bridgehead atoms. The molecule has 1 aliphatic heterocycles. The molecule has 0 aliphatic carbocycles. The predicted molar refractivity (Wildman–Crippen MR) is 156 cm³/mol. The molecule has 1 aliphatic rings. The molecule has 38 heavy (non-hydrogen) atoms. The molecule has 1 aromatic heterocycles. The fraction of sp³-hybridized carbons (Fsp3) is 0.538. The van der Waals surface area contributed by atoms with E-state index >= 15 is 0 Å². The summed E-state index contributed by atoms with van der Waals surface area (Å²) in [6.07, 6.45) is 7.09. The minimum atomic E-state index is -0.189. The molecule has 10 nitrogen and oxygen atoms in total. The van der Waals surface area contributed by atoms with Crippen molar-refractivity contribution in [2.24, 2.45) is 5.14 Å². The lowest BCUT2D eigenvalue weighted by Gasteiger charge is -2.14. The van der Waals surface area contributed by atoms with Gasteiger partial charge >= 0.3 is 0 Å². The highest BCUT2D eigenvalue weighted by Crippen LogP contribution is 2.16. The Morgan fingerprint density at radius 3 is 2.50 bits per heavy atom. The van der Waals surface area contributed by atoms with Gasteiger partial charge in [0.05, 0.1) is 0 Å². The van der Waals surface area contributed by atoms with Crippen molar-refractivity contribution >= 4 is 46.3 Å². The number of nitrogens with two attached hydrogens (primary N) is 1. The standard InChI is InChI=1S/C16H28N6O2S2.C10H13NO/c17-26-19-7-3-1-2-6-14(23)21-16-20-13(12-25-16)15(24)18-8-11-22-9-4-5-10-22;1-11-10(12)8-7-9-5-3-2-4-6-9/h12,19H,1-11,17H2,(H,18,24)(H,20,21,23);2-6H,7-8H2,1H3,(H,11,12). The van der Waals surface area contributed by atoms with Gasteiger partial charge in [-0.25, -0.2) is 4.98 Å². The third-order valence-corrected chi connectivity index (χ3v) is 7.05. The van der Waals surface area contributed by atoms with E-state index in [1.807, 2.05) is 30.3 Å². The maximum atomic E-state index is 12.1. The minimum Gasteiger partial charge on any atom is -0.359 e. The summed E-state index contributed by atoms with van der Waals surface area (Å²) in [5, 5.41) is 15.7. The number of hydrogen-bond acceptors (Lipinski definition) is 9.